The van der Waals surface area contributed by atoms with E-state index >= 15 is 0 Å². The van der Waals surface area contributed by atoms with Crippen molar-refractivity contribution < 1.29 is 17.6 Å². The lowest BCUT2D eigenvalue weighted by atomic mass is 10.1. The normalized spacial score (nSPS) is 18.0. The Kier molecular flexibility index (Phi) is 4.42. The summed E-state index contributed by atoms with van der Waals surface area (Å²) in [6, 6.07) is 4.13. The molecule has 1 atom stereocenters. The van der Waals surface area contributed by atoms with Crippen molar-refractivity contribution in [3.8, 4) is 11.4 Å². The van der Waals surface area contributed by atoms with Crippen LogP contribution in [0.15, 0.2) is 24.4 Å². The van der Waals surface area contributed by atoms with Gasteiger partial charge >= 0.3 is 6.18 Å². The molecule has 1 aliphatic rings. The fourth-order valence-corrected chi connectivity index (χ4v) is 3.19. The number of hydrogen-bond acceptors (Lipinski definition) is 5. The first kappa shape index (κ1) is 17.7. The van der Waals surface area contributed by atoms with Crippen LogP contribution in [0.3, 0.4) is 0 Å². The zero-order chi connectivity index (χ0) is 19.0. The highest BCUT2D eigenvalue weighted by atomic mass is 19.4. The minimum absolute atomic E-state index is 0.00374. The summed E-state index contributed by atoms with van der Waals surface area (Å²) in [5.74, 6) is -0.532. The van der Waals surface area contributed by atoms with Gasteiger partial charge in [-0.15, -0.1) is 0 Å². The first-order valence-electron chi connectivity index (χ1n) is 8.48. The van der Waals surface area contributed by atoms with Gasteiger partial charge in [-0.25, -0.2) is 14.4 Å². The summed E-state index contributed by atoms with van der Waals surface area (Å²) >= 11 is 0. The largest absolute Gasteiger partial charge is 0.420 e. The lowest BCUT2D eigenvalue weighted by Crippen LogP contribution is -2.38. The smallest absolute Gasteiger partial charge is 0.350 e. The Morgan fingerprint density at radius 3 is 2.81 bits per heavy atom. The van der Waals surface area contributed by atoms with Crippen molar-refractivity contribution >= 4 is 16.9 Å². The highest BCUT2D eigenvalue weighted by Gasteiger charge is 2.36. The van der Waals surface area contributed by atoms with Gasteiger partial charge in [0.05, 0.1) is 5.69 Å². The SMILES string of the molecule is Fc1cccc2c(-c3nc(N[C@H]4CCCNC4)ncc3C(F)(F)F)[nH]nc12. The van der Waals surface area contributed by atoms with Crippen LogP contribution in [0.25, 0.3) is 22.3 Å². The van der Waals surface area contributed by atoms with Crippen LogP contribution in [0.4, 0.5) is 23.5 Å². The molecule has 10 heteroatoms. The number of nitrogens with zero attached hydrogens (tertiary/aromatic N) is 3. The lowest BCUT2D eigenvalue weighted by Gasteiger charge is -2.24. The number of rotatable bonds is 3. The maximum Gasteiger partial charge on any atom is 0.420 e. The third kappa shape index (κ3) is 3.44. The molecular formula is C17H16F4N6. The highest BCUT2D eigenvalue weighted by molar-refractivity contribution is 5.93. The number of H-pyrrole nitrogens is 1. The molecule has 0 aliphatic carbocycles. The van der Waals surface area contributed by atoms with Crippen molar-refractivity contribution in [1.29, 1.82) is 0 Å². The number of anilines is 1. The van der Waals surface area contributed by atoms with E-state index in [2.05, 4.69) is 30.8 Å². The minimum Gasteiger partial charge on any atom is -0.350 e. The third-order valence-electron chi connectivity index (χ3n) is 4.50. The van der Waals surface area contributed by atoms with Crippen LogP contribution in [-0.2, 0) is 6.18 Å². The van der Waals surface area contributed by atoms with Crippen molar-refractivity contribution in [2.24, 2.45) is 0 Å². The molecular weight excluding hydrogens is 364 g/mol. The molecule has 3 heterocycles. The van der Waals surface area contributed by atoms with Crippen LogP contribution in [0, 0.1) is 5.82 Å². The van der Waals surface area contributed by atoms with Crippen molar-refractivity contribution in [2.45, 2.75) is 25.1 Å². The van der Waals surface area contributed by atoms with Gasteiger partial charge in [0, 0.05) is 24.2 Å². The summed E-state index contributed by atoms with van der Waals surface area (Å²) in [6.07, 6.45) is -2.10. The topological polar surface area (TPSA) is 78.5 Å². The molecule has 0 spiro atoms. The fourth-order valence-electron chi connectivity index (χ4n) is 3.19. The standard InChI is InChI=1S/C17H16F4N6/c18-12-5-1-4-10-13(12)26-27-14(10)15-11(17(19,20)21)8-23-16(25-15)24-9-3-2-6-22-7-9/h1,4-5,8-9,22H,2-3,6-7H2,(H,26,27)(H,23,24,25)/t9-/m0/s1. The van der Waals surface area contributed by atoms with Crippen LogP contribution in [0.5, 0.6) is 0 Å². The van der Waals surface area contributed by atoms with Gasteiger partial charge in [0.1, 0.15) is 16.8 Å². The number of aromatic nitrogens is 4. The highest BCUT2D eigenvalue weighted by Crippen LogP contribution is 2.37. The Bertz CT molecular complexity index is 962. The Labute approximate surface area is 151 Å². The summed E-state index contributed by atoms with van der Waals surface area (Å²) in [6.45, 7) is 1.58. The number of benzene rings is 1. The molecule has 142 valence electrons. The van der Waals surface area contributed by atoms with Crippen molar-refractivity contribution in [1.82, 2.24) is 25.5 Å². The number of halogens is 4. The molecule has 1 saturated heterocycles. The quantitative estimate of drug-likeness (QED) is 0.608. The van der Waals surface area contributed by atoms with Gasteiger partial charge in [0.15, 0.2) is 5.82 Å². The summed E-state index contributed by atoms with van der Waals surface area (Å²) in [7, 11) is 0. The van der Waals surface area contributed by atoms with Crippen LogP contribution in [0.2, 0.25) is 0 Å². The molecule has 4 rings (SSSR count). The van der Waals surface area contributed by atoms with Gasteiger partial charge in [-0.1, -0.05) is 12.1 Å². The number of para-hydroxylation sites is 1. The Balaban J connectivity index is 1.80. The number of piperidine rings is 1. The summed E-state index contributed by atoms with van der Waals surface area (Å²) in [4.78, 5) is 7.92. The molecule has 6 nitrogen and oxygen atoms in total. The average molecular weight is 380 g/mol. The van der Waals surface area contributed by atoms with E-state index in [0.717, 1.165) is 25.6 Å². The maximum atomic E-state index is 13.9. The molecule has 27 heavy (non-hydrogen) atoms. The molecule has 1 aliphatic heterocycles. The first-order chi connectivity index (χ1) is 12.9. The zero-order valence-corrected chi connectivity index (χ0v) is 14.1. The predicted molar refractivity (Wildman–Crippen MR) is 91.6 cm³/mol. The van der Waals surface area contributed by atoms with E-state index in [9.17, 15) is 17.6 Å². The number of fused-ring (bicyclic) bond motifs is 1. The molecule has 3 N–H and O–H groups in total. The van der Waals surface area contributed by atoms with Gasteiger partial charge in [0.2, 0.25) is 5.95 Å². The molecule has 0 saturated carbocycles. The molecule has 2 aromatic heterocycles. The van der Waals surface area contributed by atoms with E-state index < -0.39 is 17.6 Å². The molecule has 0 radical (unpaired) electrons. The minimum atomic E-state index is -4.66. The van der Waals surface area contributed by atoms with Gasteiger partial charge in [0.25, 0.3) is 0 Å². The molecule has 0 amide bonds. The van der Waals surface area contributed by atoms with E-state index in [1.165, 1.54) is 18.2 Å². The van der Waals surface area contributed by atoms with Crippen molar-refractivity contribution in [2.75, 3.05) is 18.4 Å². The number of alkyl halides is 3. The monoisotopic (exact) mass is 380 g/mol. The van der Waals surface area contributed by atoms with Crippen LogP contribution in [-0.4, -0.2) is 39.3 Å². The summed E-state index contributed by atoms with van der Waals surface area (Å²) < 4.78 is 54.4. The molecule has 0 bridgehead atoms. The first-order valence-corrected chi connectivity index (χ1v) is 8.48. The average Bonchev–Trinajstić information content (AvgIpc) is 3.07. The molecule has 1 fully saturated rings. The van der Waals surface area contributed by atoms with Gasteiger partial charge in [-0.2, -0.15) is 18.3 Å². The second kappa shape index (κ2) is 6.76. The number of nitrogens with one attached hydrogen (secondary N) is 3. The molecule has 1 aromatic carbocycles. The number of aromatic amines is 1. The van der Waals surface area contributed by atoms with Crippen LogP contribution < -0.4 is 10.6 Å². The number of hydrogen-bond donors (Lipinski definition) is 3. The Morgan fingerprint density at radius 2 is 2.07 bits per heavy atom. The van der Waals surface area contributed by atoms with E-state index in [4.69, 9.17) is 0 Å². The maximum absolute atomic E-state index is 13.9. The van der Waals surface area contributed by atoms with Crippen LogP contribution >= 0.6 is 0 Å². The summed E-state index contributed by atoms with van der Waals surface area (Å²) in [5, 5.41) is 12.8. The second-order valence-corrected chi connectivity index (χ2v) is 6.38. The lowest BCUT2D eigenvalue weighted by molar-refractivity contribution is -0.137. The van der Waals surface area contributed by atoms with E-state index in [0.29, 0.717) is 6.54 Å². The van der Waals surface area contributed by atoms with Gasteiger partial charge in [-0.3, -0.25) is 5.10 Å². The fraction of sp³-hybridized carbons (Fsp3) is 0.353. The third-order valence-corrected chi connectivity index (χ3v) is 4.50. The van der Waals surface area contributed by atoms with E-state index in [1.54, 1.807) is 0 Å². The second-order valence-electron chi connectivity index (χ2n) is 6.38. The van der Waals surface area contributed by atoms with Crippen molar-refractivity contribution in [3.05, 3.63) is 35.8 Å². The van der Waals surface area contributed by atoms with Gasteiger partial charge in [-0.05, 0) is 25.5 Å². The summed E-state index contributed by atoms with van der Waals surface area (Å²) in [5.41, 5.74) is -1.41. The zero-order valence-electron chi connectivity index (χ0n) is 14.1. The molecule has 0 unspecified atom stereocenters. The van der Waals surface area contributed by atoms with E-state index in [-0.39, 0.29) is 34.3 Å². The van der Waals surface area contributed by atoms with Crippen LogP contribution in [0.1, 0.15) is 18.4 Å². The van der Waals surface area contributed by atoms with Crippen molar-refractivity contribution in [3.63, 3.8) is 0 Å². The predicted octanol–water partition coefficient (Wildman–Crippen LogP) is 3.34. The Hall–Kier alpha value is -2.75. The van der Waals surface area contributed by atoms with E-state index in [1.807, 2.05) is 0 Å². The Morgan fingerprint density at radius 1 is 1.22 bits per heavy atom. The van der Waals surface area contributed by atoms with Gasteiger partial charge < -0.3 is 10.6 Å². The molecule has 3 aromatic rings.